The molecule has 244 valence electrons. The highest BCUT2D eigenvalue weighted by molar-refractivity contribution is 5.99. The Balaban J connectivity index is 1.37. The van der Waals surface area contributed by atoms with Crippen molar-refractivity contribution in [3.05, 3.63) is 35.5 Å². The predicted octanol–water partition coefficient (Wildman–Crippen LogP) is 2.25. The first-order valence-corrected chi connectivity index (χ1v) is 15.7. The summed E-state index contributed by atoms with van der Waals surface area (Å²) in [7, 11) is 0. The molecule has 4 rings (SSSR count). The first kappa shape index (κ1) is 33.5. The maximum atomic E-state index is 13.1. The predicted molar refractivity (Wildman–Crippen MR) is 167 cm³/mol. The molecule has 1 unspecified atom stereocenters. The van der Waals surface area contributed by atoms with Gasteiger partial charge in [0.1, 0.15) is 17.5 Å². The Morgan fingerprint density at radius 2 is 1.73 bits per heavy atom. The number of unbranched alkanes of at least 4 members (excludes halogenated alkanes) is 1. The molecule has 2 aliphatic rings. The van der Waals surface area contributed by atoms with E-state index in [1.54, 1.807) is 14.7 Å². The Bertz CT molecular complexity index is 1410. The lowest BCUT2D eigenvalue weighted by Gasteiger charge is -2.34. The van der Waals surface area contributed by atoms with Crippen LogP contribution in [0.4, 0.5) is 4.79 Å². The van der Waals surface area contributed by atoms with E-state index in [1.165, 1.54) is 6.07 Å². The van der Waals surface area contributed by atoms with Crippen molar-refractivity contribution in [1.29, 1.82) is 0 Å². The number of piperazine rings is 1. The summed E-state index contributed by atoms with van der Waals surface area (Å²) in [4.78, 5) is 73.1. The van der Waals surface area contributed by atoms with Crippen LogP contribution >= 0.6 is 0 Å². The van der Waals surface area contributed by atoms with Gasteiger partial charge in [0.15, 0.2) is 6.61 Å². The van der Waals surface area contributed by atoms with Crippen molar-refractivity contribution in [1.82, 2.24) is 30.3 Å². The van der Waals surface area contributed by atoms with Gasteiger partial charge >= 0.3 is 6.09 Å². The molecule has 0 bridgehead atoms. The summed E-state index contributed by atoms with van der Waals surface area (Å²) >= 11 is 0. The summed E-state index contributed by atoms with van der Waals surface area (Å²) in [6, 6.07) is 6.40. The van der Waals surface area contributed by atoms with Gasteiger partial charge in [-0.2, -0.15) is 0 Å². The largest absolute Gasteiger partial charge is 0.483 e. The Labute approximate surface area is 263 Å². The second-order valence-corrected chi connectivity index (χ2v) is 11.7. The van der Waals surface area contributed by atoms with Crippen LogP contribution in [0.25, 0.3) is 10.9 Å². The van der Waals surface area contributed by atoms with Crippen LogP contribution in [0.1, 0.15) is 62.5 Å². The number of aryl methyl sites for hydroxylation is 1. The van der Waals surface area contributed by atoms with Gasteiger partial charge in [0.25, 0.3) is 11.8 Å². The van der Waals surface area contributed by atoms with Crippen LogP contribution in [0.5, 0.6) is 5.75 Å². The molecule has 5 amide bonds. The Morgan fingerprint density at radius 1 is 1.00 bits per heavy atom. The molecule has 0 aliphatic carbocycles. The topological polar surface area (TPSA) is 150 Å². The quantitative estimate of drug-likeness (QED) is 0.362. The summed E-state index contributed by atoms with van der Waals surface area (Å²) in [6.07, 6.45) is 2.68. The second-order valence-electron chi connectivity index (χ2n) is 11.7. The van der Waals surface area contributed by atoms with Crippen molar-refractivity contribution in [2.24, 2.45) is 0 Å². The summed E-state index contributed by atoms with van der Waals surface area (Å²) in [5.41, 5.74) is 1.47. The molecule has 2 saturated heterocycles. The summed E-state index contributed by atoms with van der Waals surface area (Å²) in [6.45, 7) is 9.36. The minimum Gasteiger partial charge on any atom is -0.483 e. The zero-order valence-electron chi connectivity index (χ0n) is 26.6. The van der Waals surface area contributed by atoms with Crippen molar-refractivity contribution in [2.75, 3.05) is 52.5 Å². The average Bonchev–Trinajstić information content (AvgIpc) is 3.52. The molecule has 13 heteroatoms. The van der Waals surface area contributed by atoms with Crippen LogP contribution in [0, 0.1) is 6.92 Å². The molecule has 0 spiro atoms. The van der Waals surface area contributed by atoms with Crippen molar-refractivity contribution < 1.29 is 33.4 Å². The van der Waals surface area contributed by atoms with Crippen LogP contribution < -0.4 is 15.4 Å². The van der Waals surface area contributed by atoms with E-state index in [9.17, 15) is 24.0 Å². The molecule has 2 aliphatic heterocycles. The maximum Gasteiger partial charge on any atom is 0.409 e. The van der Waals surface area contributed by atoms with E-state index < -0.39 is 11.9 Å². The average molecular weight is 625 g/mol. The van der Waals surface area contributed by atoms with Gasteiger partial charge in [-0.1, -0.05) is 19.4 Å². The van der Waals surface area contributed by atoms with E-state index >= 15 is 0 Å². The number of nitrogens with zero attached hydrogens (tertiary/aromatic N) is 4. The number of aromatic nitrogens is 1. The Morgan fingerprint density at radius 3 is 2.44 bits per heavy atom. The number of ether oxygens (including phenoxy) is 2. The monoisotopic (exact) mass is 624 g/mol. The minimum atomic E-state index is -0.564. The molecular formula is C32H44N6O7. The second kappa shape index (κ2) is 15.5. The van der Waals surface area contributed by atoms with Crippen molar-refractivity contribution in [3.8, 4) is 5.75 Å². The van der Waals surface area contributed by atoms with E-state index in [4.69, 9.17) is 9.47 Å². The van der Waals surface area contributed by atoms with E-state index in [0.717, 1.165) is 24.8 Å². The third-order valence-electron chi connectivity index (χ3n) is 7.83. The lowest BCUT2D eigenvalue weighted by atomic mass is 10.1. The number of hydrogen-bond acceptors (Lipinski definition) is 8. The molecule has 1 atom stereocenters. The van der Waals surface area contributed by atoms with Gasteiger partial charge in [-0.05, 0) is 57.7 Å². The van der Waals surface area contributed by atoms with Crippen LogP contribution in [-0.2, 0) is 19.1 Å². The van der Waals surface area contributed by atoms with E-state index in [2.05, 4.69) is 15.6 Å². The minimum absolute atomic E-state index is 0.0334. The number of pyridine rings is 1. The maximum absolute atomic E-state index is 13.1. The number of fused-ring (bicyclic) bond motifs is 1. The third-order valence-corrected chi connectivity index (χ3v) is 7.83. The summed E-state index contributed by atoms with van der Waals surface area (Å²) in [5, 5.41) is 6.14. The van der Waals surface area contributed by atoms with Gasteiger partial charge in [0.2, 0.25) is 11.8 Å². The van der Waals surface area contributed by atoms with E-state index in [1.807, 2.05) is 45.9 Å². The normalized spacial score (nSPS) is 16.6. The zero-order valence-corrected chi connectivity index (χ0v) is 26.6. The fraction of sp³-hybridized carbons (Fsp3) is 0.562. The first-order chi connectivity index (χ1) is 21.6. The molecule has 1 aromatic carbocycles. The fourth-order valence-corrected chi connectivity index (χ4v) is 5.37. The highest BCUT2D eigenvalue weighted by Gasteiger charge is 2.34. The van der Waals surface area contributed by atoms with Crippen molar-refractivity contribution in [2.45, 2.75) is 65.5 Å². The number of hydrogen-bond donors (Lipinski definition) is 2. The van der Waals surface area contributed by atoms with Crippen LogP contribution in [-0.4, -0.2) is 114 Å². The SMILES string of the molecule is CCCCOC(=O)N1CCN(C(=O)CNC(=O)c2cc(OCC(=O)N3CCCC3C(=O)NC(C)C)c3ccc(C)cc3n2)CC1. The molecule has 2 aromatic rings. The third kappa shape index (κ3) is 8.83. The first-order valence-electron chi connectivity index (χ1n) is 15.7. The number of amides is 5. The molecule has 2 N–H and O–H groups in total. The molecule has 0 saturated carbocycles. The van der Waals surface area contributed by atoms with Crippen molar-refractivity contribution >= 4 is 40.6 Å². The summed E-state index contributed by atoms with van der Waals surface area (Å²) in [5.74, 6) is -1.04. The molecule has 1 aromatic heterocycles. The van der Waals surface area contributed by atoms with Gasteiger partial charge in [-0.15, -0.1) is 0 Å². The lowest BCUT2D eigenvalue weighted by Crippen LogP contribution is -2.52. The lowest BCUT2D eigenvalue weighted by molar-refractivity contribution is -0.140. The van der Waals surface area contributed by atoms with Gasteiger partial charge in [-0.25, -0.2) is 9.78 Å². The smallest absolute Gasteiger partial charge is 0.409 e. The fourth-order valence-electron chi connectivity index (χ4n) is 5.37. The molecule has 13 nitrogen and oxygen atoms in total. The van der Waals surface area contributed by atoms with Gasteiger partial charge in [-0.3, -0.25) is 19.2 Å². The summed E-state index contributed by atoms with van der Waals surface area (Å²) < 4.78 is 11.2. The van der Waals surface area contributed by atoms with Crippen molar-refractivity contribution in [3.63, 3.8) is 0 Å². The number of nitrogens with one attached hydrogen (secondary N) is 2. The van der Waals surface area contributed by atoms with Gasteiger partial charge in [0.05, 0.1) is 18.7 Å². The van der Waals surface area contributed by atoms with Crippen LogP contribution in [0.3, 0.4) is 0 Å². The van der Waals surface area contributed by atoms with Crippen LogP contribution in [0.15, 0.2) is 24.3 Å². The standard InChI is InChI=1S/C32H44N6O7/c1-5-6-16-44-32(43)37-14-12-36(13-15-37)28(39)19-33-30(41)25-18-27(23-10-9-22(4)17-24(23)35-25)45-20-29(40)38-11-7-8-26(38)31(42)34-21(2)3/h9-10,17-18,21,26H,5-8,11-16,19-20H2,1-4H3,(H,33,41)(H,34,42). The highest BCUT2D eigenvalue weighted by Crippen LogP contribution is 2.27. The number of rotatable bonds is 11. The van der Waals surface area contributed by atoms with Gasteiger partial charge < -0.3 is 34.8 Å². The molecule has 3 heterocycles. The number of benzene rings is 1. The van der Waals surface area contributed by atoms with Crippen LogP contribution in [0.2, 0.25) is 0 Å². The number of carbonyl (C=O) groups is 5. The van der Waals surface area contributed by atoms with E-state index in [-0.39, 0.29) is 48.7 Å². The Kier molecular flexibility index (Phi) is 11.6. The van der Waals surface area contributed by atoms with Gasteiger partial charge in [0, 0.05) is 50.2 Å². The molecule has 45 heavy (non-hydrogen) atoms. The molecule has 0 radical (unpaired) electrons. The highest BCUT2D eigenvalue weighted by atomic mass is 16.6. The number of carbonyl (C=O) groups excluding carboxylic acids is 5. The van der Waals surface area contributed by atoms with E-state index in [0.29, 0.717) is 62.4 Å². The zero-order chi connectivity index (χ0) is 32.5. The number of likely N-dealkylation sites (tertiary alicyclic amines) is 1. The molecule has 2 fully saturated rings. The molecular weight excluding hydrogens is 580 g/mol. The Hall–Kier alpha value is -4.42.